The fraction of sp³-hybridized carbons (Fsp3) is 0.375. The third-order valence-electron chi connectivity index (χ3n) is 4.15. The molecule has 2 aromatic rings. The Morgan fingerprint density at radius 1 is 1.30 bits per heavy atom. The molecule has 0 saturated carbocycles. The molecule has 0 unspecified atom stereocenters. The highest BCUT2D eigenvalue weighted by atomic mass is 35.5. The van der Waals surface area contributed by atoms with Gasteiger partial charge in [0.15, 0.2) is 0 Å². The first-order chi connectivity index (χ1) is 11.0. The zero-order valence-corrected chi connectivity index (χ0v) is 15.2. The van der Waals surface area contributed by atoms with E-state index in [1.807, 2.05) is 0 Å². The molecule has 1 N–H and O–H groups in total. The van der Waals surface area contributed by atoms with Gasteiger partial charge in [-0.05, 0) is 54.6 Å². The monoisotopic (exact) mass is 370 g/mol. The van der Waals surface area contributed by atoms with Gasteiger partial charge in [0.05, 0.1) is 4.90 Å². The van der Waals surface area contributed by atoms with Crippen molar-refractivity contribution in [2.24, 2.45) is 0 Å². The summed E-state index contributed by atoms with van der Waals surface area (Å²) in [4.78, 5) is 4.02. The lowest BCUT2D eigenvalue weighted by molar-refractivity contribution is 0.193. The van der Waals surface area contributed by atoms with Gasteiger partial charge in [-0.2, -0.15) is 0 Å². The maximum atomic E-state index is 12.3. The molecule has 0 saturated heterocycles. The van der Waals surface area contributed by atoms with E-state index in [1.54, 1.807) is 23.5 Å². The summed E-state index contributed by atoms with van der Waals surface area (Å²) in [6.07, 6.45) is 1.04. The summed E-state index contributed by atoms with van der Waals surface area (Å²) in [7, 11) is -3.49. The van der Waals surface area contributed by atoms with Crippen molar-refractivity contribution in [3.05, 3.63) is 51.2 Å². The quantitative estimate of drug-likeness (QED) is 0.879. The van der Waals surface area contributed by atoms with E-state index < -0.39 is 10.0 Å². The van der Waals surface area contributed by atoms with E-state index in [2.05, 4.69) is 28.0 Å². The fourth-order valence-electron chi connectivity index (χ4n) is 2.70. The van der Waals surface area contributed by atoms with Crippen LogP contribution in [0.2, 0.25) is 5.02 Å². The van der Waals surface area contributed by atoms with Crippen molar-refractivity contribution in [1.29, 1.82) is 0 Å². The predicted octanol–water partition coefficient (Wildman–Crippen LogP) is 3.13. The third kappa shape index (κ3) is 3.95. The number of nitrogens with one attached hydrogen (secondary N) is 1. The number of benzene rings is 1. The predicted molar refractivity (Wildman–Crippen MR) is 94.5 cm³/mol. The molecule has 0 fully saturated rings. The summed E-state index contributed by atoms with van der Waals surface area (Å²) in [6, 6.07) is 8.52. The molecular weight excluding hydrogens is 352 g/mol. The van der Waals surface area contributed by atoms with Gasteiger partial charge in [-0.1, -0.05) is 11.6 Å². The normalized spacial score (nSPS) is 17.0. The van der Waals surface area contributed by atoms with Crippen LogP contribution in [0, 0.1) is 0 Å². The van der Waals surface area contributed by atoms with Crippen molar-refractivity contribution in [1.82, 2.24) is 9.62 Å². The standard InChI is InChI=1S/C16H19ClN2O2S2/c1-12(19-8-6-16-13(11-19)7-9-22-16)10-18-23(20,21)15-4-2-14(17)3-5-15/h2-5,7,9,12,18H,6,8,10-11H2,1H3/t12-/m0/s1. The van der Waals surface area contributed by atoms with Crippen LogP contribution in [0.1, 0.15) is 17.4 Å². The first-order valence-corrected chi connectivity index (χ1v) is 10.2. The first kappa shape index (κ1) is 16.9. The zero-order chi connectivity index (χ0) is 16.4. The van der Waals surface area contributed by atoms with Gasteiger partial charge in [-0.3, -0.25) is 4.90 Å². The molecule has 4 nitrogen and oxygen atoms in total. The minimum atomic E-state index is -3.49. The summed E-state index contributed by atoms with van der Waals surface area (Å²) in [5, 5.41) is 2.65. The van der Waals surface area contributed by atoms with Gasteiger partial charge in [0.1, 0.15) is 0 Å². The molecule has 0 amide bonds. The van der Waals surface area contributed by atoms with Crippen LogP contribution >= 0.6 is 22.9 Å². The average molecular weight is 371 g/mol. The van der Waals surface area contributed by atoms with Gasteiger partial charge >= 0.3 is 0 Å². The number of fused-ring (bicyclic) bond motifs is 1. The van der Waals surface area contributed by atoms with Crippen LogP contribution in [0.15, 0.2) is 40.6 Å². The van der Waals surface area contributed by atoms with Crippen molar-refractivity contribution in [3.63, 3.8) is 0 Å². The molecule has 3 rings (SSSR count). The van der Waals surface area contributed by atoms with E-state index in [-0.39, 0.29) is 10.9 Å². The molecule has 0 bridgehead atoms. The van der Waals surface area contributed by atoms with E-state index in [0.717, 1.165) is 19.5 Å². The van der Waals surface area contributed by atoms with Crippen molar-refractivity contribution in [3.8, 4) is 0 Å². The Morgan fingerprint density at radius 3 is 2.78 bits per heavy atom. The van der Waals surface area contributed by atoms with Crippen molar-refractivity contribution < 1.29 is 8.42 Å². The second-order valence-corrected chi connectivity index (χ2v) is 8.95. The Morgan fingerprint density at radius 2 is 2.04 bits per heavy atom. The molecule has 1 aliphatic rings. The molecule has 0 spiro atoms. The lowest BCUT2D eigenvalue weighted by Gasteiger charge is -2.32. The van der Waals surface area contributed by atoms with Gasteiger partial charge in [-0.15, -0.1) is 11.3 Å². The van der Waals surface area contributed by atoms with Crippen LogP contribution in [0.4, 0.5) is 0 Å². The molecule has 0 radical (unpaired) electrons. The van der Waals surface area contributed by atoms with Crippen molar-refractivity contribution >= 4 is 33.0 Å². The van der Waals surface area contributed by atoms with Crippen molar-refractivity contribution in [2.75, 3.05) is 13.1 Å². The number of thiophene rings is 1. The topological polar surface area (TPSA) is 49.4 Å². The maximum absolute atomic E-state index is 12.3. The van der Waals surface area contributed by atoms with Crippen LogP contribution in [0.25, 0.3) is 0 Å². The average Bonchev–Trinajstić information content (AvgIpc) is 3.00. The number of hydrogen-bond donors (Lipinski definition) is 1. The second-order valence-electron chi connectivity index (χ2n) is 5.74. The van der Waals surface area contributed by atoms with Crippen LogP contribution in [-0.2, 0) is 23.0 Å². The Labute approximate surface area is 146 Å². The molecule has 1 aromatic heterocycles. The number of rotatable bonds is 5. The Bertz CT molecular complexity index is 772. The van der Waals surface area contributed by atoms with Gasteiger partial charge in [0.2, 0.25) is 10.0 Å². The lowest BCUT2D eigenvalue weighted by Crippen LogP contribution is -2.44. The highest BCUT2D eigenvalue weighted by Crippen LogP contribution is 2.25. The first-order valence-electron chi connectivity index (χ1n) is 7.50. The molecule has 1 aromatic carbocycles. The lowest BCUT2D eigenvalue weighted by atomic mass is 10.1. The molecule has 0 aliphatic carbocycles. The van der Waals surface area contributed by atoms with Crippen LogP contribution in [-0.4, -0.2) is 32.4 Å². The molecule has 2 heterocycles. The van der Waals surface area contributed by atoms with Crippen LogP contribution in [0.3, 0.4) is 0 Å². The maximum Gasteiger partial charge on any atom is 0.240 e. The number of hydrogen-bond acceptors (Lipinski definition) is 4. The highest BCUT2D eigenvalue weighted by Gasteiger charge is 2.23. The van der Waals surface area contributed by atoms with Crippen LogP contribution in [0.5, 0.6) is 0 Å². The van der Waals surface area contributed by atoms with E-state index in [1.165, 1.54) is 22.6 Å². The summed E-state index contributed by atoms with van der Waals surface area (Å²) in [5.74, 6) is 0. The van der Waals surface area contributed by atoms with Gasteiger partial charge in [0, 0.05) is 35.6 Å². The van der Waals surface area contributed by atoms with Gasteiger partial charge in [0.25, 0.3) is 0 Å². The molecule has 124 valence electrons. The van der Waals surface area contributed by atoms with E-state index in [0.29, 0.717) is 11.6 Å². The van der Waals surface area contributed by atoms with Crippen LogP contribution < -0.4 is 4.72 Å². The highest BCUT2D eigenvalue weighted by molar-refractivity contribution is 7.89. The largest absolute Gasteiger partial charge is 0.295 e. The Kier molecular flexibility index (Phi) is 5.08. The number of halogens is 1. The second kappa shape index (κ2) is 6.91. The van der Waals surface area contributed by atoms with Gasteiger partial charge < -0.3 is 0 Å². The minimum absolute atomic E-state index is 0.144. The molecule has 1 atom stereocenters. The van der Waals surface area contributed by atoms with E-state index in [4.69, 9.17) is 11.6 Å². The summed E-state index contributed by atoms with van der Waals surface area (Å²) in [5.41, 5.74) is 1.37. The summed E-state index contributed by atoms with van der Waals surface area (Å²) >= 11 is 7.61. The summed E-state index contributed by atoms with van der Waals surface area (Å²) < 4.78 is 27.3. The third-order valence-corrected chi connectivity index (χ3v) is 6.87. The van der Waals surface area contributed by atoms with E-state index >= 15 is 0 Å². The Hall–Kier alpha value is -0.920. The fourth-order valence-corrected chi connectivity index (χ4v) is 4.84. The molecule has 1 aliphatic heterocycles. The SMILES string of the molecule is C[C@@H](CNS(=O)(=O)c1ccc(Cl)cc1)N1CCc2sccc2C1. The molecule has 7 heteroatoms. The molecular formula is C16H19ClN2O2S2. The minimum Gasteiger partial charge on any atom is -0.295 e. The number of nitrogens with zero attached hydrogens (tertiary/aromatic N) is 1. The summed E-state index contributed by atoms with van der Waals surface area (Å²) in [6.45, 7) is 4.31. The zero-order valence-electron chi connectivity index (χ0n) is 12.8. The van der Waals surface area contributed by atoms with E-state index in [9.17, 15) is 8.42 Å². The smallest absolute Gasteiger partial charge is 0.240 e. The molecule has 23 heavy (non-hydrogen) atoms. The van der Waals surface area contributed by atoms with Crippen molar-refractivity contribution in [2.45, 2.75) is 30.8 Å². The van der Waals surface area contributed by atoms with Gasteiger partial charge in [-0.25, -0.2) is 13.1 Å². The Balaban J connectivity index is 1.60. The number of sulfonamides is 1.